The van der Waals surface area contributed by atoms with Crippen molar-refractivity contribution < 1.29 is 4.74 Å². The maximum atomic E-state index is 5.34. The standard InChI is InChI=1S/C12H14O/c1-5-9(2)11-7-6-10(3)12(8-11)13-4/h1,6-9H,2-4H3. The molecular weight excluding hydrogens is 160 g/mol. The molecule has 0 N–H and O–H groups in total. The van der Waals surface area contributed by atoms with Crippen molar-refractivity contribution in [2.75, 3.05) is 7.11 Å². The van der Waals surface area contributed by atoms with E-state index in [4.69, 9.17) is 11.2 Å². The van der Waals surface area contributed by atoms with Crippen molar-refractivity contribution in [2.24, 2.45) is 0 Å². The zero-order chi connectivity index (χ0) is 9.84. The molecule has 13 heavy (non-hydrogen) atoms. The van der Waals surface area contributed by atoms with Gasteiger partial charge in [-0.3, -0.25) is 0 Å². The second-order valence-electron chi connectivity index (χ2n) is 3.12. The van der Waals surface area contributed by atoms with Gasteiger partial charge in [0.05, 0.1) is 7.11 Å². The molecule has 0 aliphatic carbocycles. The number of terminal acetylenes is 1. The molecule has 0 fully saturated rings. The normalized spacial score (nSPS) is 11.8. The highest BCUT2D eigenvalue weighted by atomic mass is 16.5. The monoisotopic (exact) mass is 174 g/mol. The van der Waals surface area contributed by atoms with Gasteiger partial charge in [-0.05, 0) is 31.0 Å². The van der Waals surface area contributed by atoms with Crippen molar-refractivity contribution in [1.82, 2.24) is 0 Å². The molecule has 0 heterocycles. The molecule has 1 aromatic carbocycles. The first-order valence-corrected chi connectivity index (χ1v) is 4.29. The van der Waals surface area contributed by atoms with Gasteiger partial charge in [-0.1, -0.05) is 18.1 Å². The third kappa shape index (κ3) is 2.03. The Balaban J connectivity index is 3.08. The van der Waals surface area contributed by atoms with Gasteiger partial charge in [0, 0.05) is 5.92 Å². The summed E-state index contributed by atoms with van der Waals surface area (Å²) in [5, 5.41) is 0. The Labute approximate surface area is 79.7 Å². The fraction of sp³-hybridized carbons (Fsp3) is 0.333. The molecule has 0 saturated carbocycles. The lowest BCUT2D eigenvalue weighted by atomic mass is 10.0. The number of hydrogen-bond acceptors (Lipinski definition) is 1. The number of ether oxygens (including phenoxy) is 1. The van der Waals surface area contributed by atoms with Crippen molar-refractivity contribution in [2.45, 2.75) is 19.8 Å². The average Bonchev–Trinajstić information content (AvgIpc) is 2.17. The molecule has 1 nitrogen and oxygen atoms in total. The average molecular weight is 174 g/mol. The number of benzene rings is 1. The van der Waals surface area contributed by atoms with Crippen molar-refractivity contribution in [3.63, 3.8) is 0 Å². The summed E-state index contributed by atoms with van der Waals surface area (Å²) >= 11 is 0. The van der Waals surface area contributed by atoms with E-state index in [1.807, 2.05) is 32.0 Å². The van der Waals surface area contributed by atoms with Gasteiger partial charge in [0.1, 0.15) is 5.75 Å². The molecule has 1 rings (SSSR count). The van der Waals surface area contributed by atoms with Gasteiger partial charge in [0.2, 0.25) is 0 Å². The van der Waals surface area contributed by atoms with Crippen LogP contribution < -0.4 is 4.74 Å². The number of aryl methyl sites for hydroxylation is 1. The van der Waals surface area contributed by atoms with Crippen LogP contribution in [0.3, 0.4) is 0 Å². The molecular formula is C12H14O. The Kier molecular flexibility index (Phi) is 2.97. The number of methoxy groups -OCH3 is 1. The van der Waals surface area contributed by atoms with Crippen LogP contribution in [-0.4, -0.2) is 7.11 Å². The molecule has 0 bridgehead atoms. The Morgan fingerprint density at radius 3 is 2.69 bits per heavy atom. The first-order chi connectivity index (χ1) is 6.19. The second-order valence-corrected chi connectivity index (χ2v) is 3.12. The Bertz CT molecular complexity index is 333. The van der Waals surface area contributed by atoms with Crippen LogP contribution >= 0.6 is 0 Å². The Hall–Kier alpha value is -1.42. The zero-order valence-electron chi connectivity index (χ0n) is 8.29. The van der Waals surface area contributed by atoms with Crippen molar-refractivity contribution in [3.05, 3.63) is 29.3 Å². The van der Waals surface area contributed by atoms with E-state index < -0.39 is 0 Å². The fourth-order valence-electron chi connectivity index (χ4n) is 1.20. The topological polar surface area (TPSA) is 9.23 Å². The summed E-state index contributed by atoms with van der Waals surface area (Å²) in [5.74, 6) is 3.75. The van der Waals surface area contributed by atoms with Gasteiger partial charge in [0.25, 0.3) is 0 Å². The summed E-state index contributed by atoms with van der Waals surface area (Å²) in [6, 6.07) is 6.07. The summed E-state index contributed by atoms with van der Waals surface area (Å²) in [4.78, 5) is 0. The Morgan fingerprint density at radius 2 is 2.15 bits per heavy atom. The van der Waals surface area contributed by atoms with Crippen molar-refractivity contribution in [3.8, 4) is 18.1 Å². The molecule has 1 heteroatoms. The number of hydrogen-bond donors (Lipinski definition) is 0. The molecule has 0 amide bonds. The second kappa shape index (κ2) is 4.00. The lowest BCUT2D eigenvalue weighted by Crippen LogP contribution is -1.93. The van der Waals surface area contributed by atoms with Gasteiger partial charge >= 0.3 is 0 Å². The predicted octanol–water partition coefficient (Wildman–Crippen LogP) is 2.74. The third-order valence-electron chi connectivity index (χ3n) is 2.18. The molecule has 68 valence electrons. The maximum Gasteiger partial charge on any atom is 0.122 e. The minimum Gasteiger partial charge on any atom is -0.496 e. The molecule has 1 unspecified atom stereocenters. The van der Waals surface area contributed by atoms with Crippen molar-refractivity contribution >= 4 is 0 Å². The van der Waals surface area contributed by atoms with Gasteiger partial charge in [-0.2, -0.15) is 0 Å². The van der Waals surface area contributed by atoms with Crippen LogP contribution in [0.2, 0.25) is 0 Å². The van der Waals surface area contributed by atoms with Crippen LogP contribution in [0.5, 0.6) is 5.75 Å². The van der Waals surface area contributed by atoms with E-state index in [2.05, 4.69) is 5.92 Å². The van der Waals surface area contributed by atoms with Crippen LogP contribution in [0.4, 0.5) is 0 Å². The van der Waals surface area contributed by atoms with E-state index in [1.165, 1.54) is 0 Å². The summed E-state index contributed by atoms with van der Waals surface area (Å²) in [7, 11) is 1.67. The van der Waals surface area contributed by atoms with Crippen LogP contribution in [0.1, 0.15) is 24.0 Å². The minimum atomic E-state index is 0.148. The summed E-state index contributed by atoms with van der Waals surface area (Å²) in [6.45, 7) is 4.02. The SMILES string of the molecule is C#CC(C)c1ccc(C)c(OC)c1. The summed E-state index contributed by atoms with van der Waals surface area (Å²) < 4.78 is 5.21. The van der Waals surface area contributed by atoms with Gasteiger partial charge < -0.3 is 4.74 Å². The molecule has 0 spiro atoms. The highest BCUT2D eigenvalue weighted by molar-refractivity contribution is 5.39. The van der Waals surface area contributed by atoms with Crippen LogP contribution in [0.15, 0.2) is 18.2 Å². The lowest BCUT2D eigenvalue weighted by Gasteiger charge is -2.09. The van der Waals surface area contributed by atoms with E-state index in [-0.39, 0.29) is 5.92 Å². The summed E-state index contributed by atoms with van der Waals surface area (Å²) in [5.41, 5.74) is 2.26. The first-order valence-electron chi connectivity index (χ1n) is 4.29. The third-order valence-corrected chi connectivity index (χ3v) is 2.18. The number of rotatable bonds is 2. The van der Waals surface area contributed by atoms with Gasteiger partial charge in [-0.25, -0.2) is 0 Å². The largest absolute Gasteiger partial charge is 0.496 e. The van der Waals surface area contributed by atoms with E-state index in [9.17, 15) is 0 Å². The van der Waals surface area contributed by atoms with E-state index in [1.54, 1.807) is 7.11 Å². The Morgan fingerprint density at radius 1 is 1.46 bits per heavy atom. The quantitative estimate of drug-likeness (QED) is 0.626. The van der Waals surface area contributed by atoms with Gasteiger partial charge in [0.15, 0.2) is 0 Å². The van der Waals surface area contributed by atoms with E-state index in [0.717, 1.165) is 16.9 Å². The first kappa shape index (κ1) is 9.67. The zero-order valence-corrected chi connectivity index (χ0v) is 8.29. The van der Waals surface area contributed by atoms with Crippen LogP contribution in [-0.2, 0) is 0 Å². The van der Waals surface area contributed by atoms with Crippen molar-refractivity contribution in [1.29, 1.82) is 0 Å². The van der Waals surface area contributed by atoms with E-state index in [0.29, 0.717) is 0 Å². The fourth-order valence-corrected chi connectivity index (χ4v) is 1.20. The molecule has 1 atom stereocenters. The summed E-state index contributed by atoms with van der Waals surface area (Å²) in [6.07, 6.45) is 5.34. The van der Waals surface area contributed by atoms with E-state index >= 15 is 0 Å². The molecule has 0 saturated heterocycles. The molecule has 0 radical (unpaired) electrons. The highest BCUT2D eigenvalue weighted by Gasteiger charge is 2.04. The lowest BCUT2D eigenvalue weighted by molar-refractivity contribution is 0.411. The van der Waals surface area contributed by atoms with Crippen LogP contribution in [0.25, 0.3) is 0 Å². The highest BCUT2D eigenvalue weighted by Crippen LogP contribution is 2.23. The maximum absolute atomic E-state index is 5.34. The van der Waals surface area contributed by atoms with Crippen LogP contribution in [0, 0.1) is 19.3 Å². The smallest absolute Gasteiger partial charge is 0.122 e. The molecule has 1 aromatic rings. The molecule has 0 aromatic heterocycles. The predicted molar refractivity (Wildman–Crippen MR) is 55.0 cm³/mol. The van der Waals surface area contributed by atoms with Gasteiger partial charge in [-0.15, -0.1) is 6.42 Å². The molecule has 0 aliphatic heterocycles. The minimum absolute atomic E-state index is 0.148. The molecule has 0 aliphatic rings.